The zero-order valence-corrected chi connectivity index (χ0v) is 18.2. The number of carbonyl (C=O) groups excluding carboxylic acids is 1. The van der Waals surface area contributed by atoms with Gasteiger partial charge in [0.25, 0.3) is 0 Å². The summed E-state index contributed by atoms with van der Waals surface area (Å²) in [7, 11) is 3.15. The highest BCUT2D eigenvalue weighted by molar-refractivity contribution is 7.15. The number of methoxy groups -OCH3 is 2. The SMILES string of the molecule is COc1ccc(OC)c(NC(=O)Cc2csc3nc(-c4ccc(C)c(C)c4)cn23)c1. The summed E-state index contributed by atoms with van der Waals surface area (Å²) >= 11 is 1.53. The summed E-state index contributed by atoms with van der Waals surface area (Å²) < 4.78 is 12.6. The lowest BCUT2D eigenvalue weighted by atomic mass is 10.0. The lowest BCUT2D eigenvalue weighted by Crippen LogP contribution is -2.16. The first-order valence-corrected chi connectivity index (χ1v) is 10.4. The Bertz CT molecular complexity index is 1230. The van der Waals surface area contributed by atoms with Crippen LogP contribution >= 0.6 is 11.3 Å². The smallest absolute Gasteiger partial charge is 0.230 e. The van der Waals surface area contributed by atoms with Crippen molar-refractivity contribution < 1.29 is 14.3 Å². The zero-order valence-electron chi connectivity index (χ0n) is 17.4. The fourth-order valence-electron chi connectivity index (χ4n) is 3.27. The number of hydrogen-bond acceptors (Lipinski definition) is 5. The Morgan fingerprint density at radius 2 is 1.93 bits per heavy atom. The van der Waals surface area contributed by atoms with Crippen LogP contribution in [0, 0.1) is 13.8 Å². The second-order valence-corrected chi connectivity index (χ2v) is 7.93. The van der Waals surface area contributed by atoms with E-state index in [4.69, 9.17) is 14.5 Å². The number of amides is 1. The number of anilines is 1. The second-order valence-electron chi connectivity index (χ2n) is 7.10. The van der Waals surface area contributed by atoms with Gasteiger partial charge in [-0.25, -0.2) is 4.98 Å². The summed E-state index contributed by atoms with van der Waals surface area (Å²) in [6.07, 6.45) is 2.22. The van der Waals surface area contributed by atoms with Crippen molar-refractivity contribution in [1.29, 1.82) is 0 Å². The van der Waals surface area contributed by atoms with Crippen molar-refractivity contribution in [2.24, 2.45) is 0 Å². The molecule has 6 nitrogen and oxygen atoms in total. The van der Waals surface area contributed by atoms with E-state index in [1.165, 1.54) is 22.5 Å². The minimum Gasteiger partial charge on any atom is -0.497 e. The average molecular weight is 422 g/mol. The molecule has 2 heterocycles. The number of ether oxygens (including phenoxy) is 2. The van der Waals surface area contributed by atoms with E-state index in [2.05, 4.69) is 37.4 Å². The van der Waals surface area contributed by atoms with Gasteiger partial charge in [-0.15, -0.1) is 11.3 Å². The fourth-order valence-corrected chi connectivity index (χ4v) is 4.14. The molecule has 0 radical (unpaired) electrons. The van der Waals surface area contributed by atoms with Gasteiger partial charge in [-0.2, -0.15) is 0 Å². The van der Waals surface area contributed by atoms with Crippen LogP contribution in [0.1, 0.15) is 16.8 Å². The Kier molecular flexibility index (Phi) is 5.46. The van der Waals surface area contributed by atoms with E-state index in [0.717, 1.165) is 21.9 Å². The lowest BCUT2D eigenvalue weighted by Gasteiger charge is -2.11. The van der Waals surface area contributed by atoms with Crippen LogP contribution in [0.2, 0.25) is 0 Å². The number of thiazole rings is 1. The monoisotopic (exact) mass is 421 g/mol. The Hall–Kier alpha value is -3.32. The Balaban J connectivity index is 1.56. The number of hydrogen-bond donors (Lipinski definition) is 1. The molecule has 0 aliphatic carbocycles. The second kappa shape index (κ2) is 8.20. The van der Waals surface area contributed by atoms with E-state index >= 15 is 0 Å². The fraction of sp³-hybridized carbons (Fsp3) is 0.217. The first-order valence-electron chi connectivity index (χ1n) is 9.53. The Labute approximate surface area is 179 Å². The summed E-state index contributed by atoms with van der Waals surface area (Å²) in [6.45, 7) is 4.19. The molecule has 0 unspecified atom stereocenters. The van der Waals surface area contributed by atoms with Crippen LogP contribution in [0.3, 0.4) is 0 Å². The van der Waals surface area contributed by atoms with Crippen LogP contribution in [0.4, 0.5) is 5.69 Å². The van der Waals surface area contributed by atoms with E-state index in [1.54, 1.807) is 32.4 Å². The first kappa shape index (κ1) is 20.0. The zero-order chi connectivity index (χ0) is 21.3. The predicted molar refractivity (Wildman–Crippen MR) is 120 cm³/mol. The van der Waals surface area contributed by atoms with Crippen LogP contribution in [0.15, 0.2) is 48.0 Å². The summed E-state index contributed by atoms with van der Waals surface area (Å²) in [5, 5.41) is 4.89. The summed E-state index contributed by atoms with van der Waals surface area (Å²) in [4.78, 5) is 18.3. The van der Waals surface area contributed by atoms with Gasteiger partial charge in [0.2, 0.25) is 5.91 Å². The van der Waals surface area contributed by atoms with Crippen LogP contribution in [0.5, 0.6) is 11.5 Å². The number of aryl methyl sites for hydroxylation is 2. The van der Waals surface area contributed by atoms with Crippen LogP contribution in [-0.2, 0) is 11.2 Å². The number of benzene rings is 2. The highest BCUT2D eigenvalue weighted by Gasteiger charge is 2.15. The molecule has 0 saturated carbocycles. The number of nitrogens with one attached hydrogen (secondary N) is 1. The largest absolute Gasteiger partial charge is 0.497 e. The van der Waals surface area contributed by atoms with Gasteiger partial charge in [0.1, 0.15) is 11.5 Å². The van der Waals surface area contributed by atoms with Crippen LogP contribution in [-0.4, -0.2) is 29.5 Å². The molecule has 2 aromatic heterocycles. The third-order valence-corrected chi connectivity index (χ3v) is 6.00. The molecule has 0 aliphatic rings. The predicted octanol–water partition coefficient (Wildman–Crippen LogP) is 4.88. The molecule has 154 valence electrons. The maximum Gasteiger partial charge on any atom is 0.230 e. The lowest BCUT2D eigenvalue weighted by molar-refractivity contribution is -0.115. The summed E-state index contributed by atoms with van der Waals surface area (Å²) in [5.74, 6) is 1.10. The Morgan fingerprint density at radius 1 is 1.10 bits per heavy atom. The first-order chi connectivity index (χ1) is 14.5. The van der Waals surface area contributed by atoms with Crippen LogP contribution in [0.25, 0.3) is 16.2 Å². The van der Waals surface area contributed by atoms with Gasteiger partial charge in [0.15, 0.2) is 4.96 Å². The minimum absolute atomic E-state index is 0.136. The van der Waals surface area contributed by atoms with Gasteiger partial charge < -0.3 is 14.8 Å². The average Bonchev–Trinajstić information content (AvgIpc) is 3.32. The van der Waals surface area contributed by atoms with Gasteiger partial charge in [-0.1, -0.05) is 12.1 Å². The number of nitrogens with zero attached hydrogens (tertiary/aromatic N) is 2. The molecule has 0 saturated heterocycles. The van der Waals surface area contributed by atoms with E-state index in [-0.39, 0.29) is 12.3 Å². The van der Waals surface area contributed by atoms with E-state index < -0.39 is 0 Å². The standard InChI is InChI=1S/C23H23N3O3S/c1-14-5-6-16(9-15(14)2)20-12-26-17(13-30-23(26)25-20)10-22(27)24-19-11-18(28-3)7-8-21(19)29-4/h5-9,11-13H,10H2,1-4H3,(H,24,27). The molecule has 4 aromatic rings. The number of aromatic nitrogens is 2. The topological polar surface area (TPSA) is 64.9 Å². The van der Waals surface area contributed by atoms with Crippen molar-refractivity contribution in [2.75, 3.05) is 19.5 Å². The molecular formula is C23H23N3O3S. The van der Waals surface area contributed by atoms with Gasteiger partial charge >= 0.3 is 0 Å². The van der Waals surface area contributed by atoms with E-state index in [9.17, 15) is 4.79 Å². The molecule has 1 amide bonds. The molecule has 2 aromatic carbocycles. The van der Waals surface area contributed by atoms with E-state index in [0.29, 0.717) is 17.2 Å². The van der Waals surface area contributed by atoms with Crippen molar-refractivity contribution in [2.45, 2.75) is 20.3 Å². The third kappa shape index (κ3) is 3.89. The van der Waals surface area contributed by atoms with Crippen molar-refractivity contribution >= 4 is 27.9 Å². The van der Waals surface area contributed by atoms with Gasteiger partial charge in [0.05, 0.1) is 32.0 Å². The third-order valence-electron chi connectivity index (χ3n) is 5.11. The molecule has 0 bridgehead atoms. The summed E-state index contributed by atoms with van der Waals surface area (Å²) in [6, 6.07) is 11.6. The van der Waals surface area contributed by atoms with Gasteiger partial charge in [0, 0.05) is 28.9 Å². The molecule has 1 N–H and O–H groups in total. The molecule has 0 atom stereocenters. The van der Waals surface area contributed by atoms with Crippen molar-refractivity contribution in [1.82, 2.24) is 9.38 Å². The molecule has 30 heavy (non-hydrogen) atoms. The highest BCUT2D eigenvalue weighted by Crippen LogP contribution is 2.29. The number of fused-ring (bicyclic) bond motifs is 1. The molecule has 0 aliphatic heterocycles. The normalized spacial score (nSPS) is 10.9. The maximum atomic E-state index is 12.7. The molecule has 0 spiro atoms. The van der Waals surface area contributed by atoms with Gasteiger partial charge in [-0.05, 0) is 43.2 Å². The van der Waals surface area contributed by atoms with Crippen molar-refractivity contribution in [3.8, 4) is 22.8 Å². The van der Waals surface area contributed by atoms with Crippen molar-refractivity contribution in [3.05, 3.63) is 64.8 Å². The molecule has 7 heteroatoms. The summed E-state index contributed by atoms with van der Waals surface area (Å²) in [5.41, 5.74) is 5.93. The maximum absolute atomic E-state index is 12.7. The quantitative estimate of drug-likeness (QED) is 0.482. The number of rotatable bonds is 6. The minimum atomic E-state index is -0.136. The number of imidazole rings is 1. The molecule has 4 rings (SSSR count). The molecular weight excluding hydrogens is 398 g/mol. The van der Waals surface area contributed by atoms with Crippen LogP contribution < -0.4 is 14.8 Å². The van der Waals surface area contributed by atoms with E-state index in [1.807, 2.05) is 16.0 Å². The highest BCUT2D eigenvalue weighted by atomic mass is 32.1. The van der Waals surface area contributed by atoms with Gasteiger partial charge in [-0.3, -0.25) is 9.20 Å². The molecule has 0 fully saturated rings. The van der Waals surface area contributed by atoms with Crippen molar-refractivity contribution in [3.63, 3.8) is 0 Å². The number of carbonyl (C=O) groups is 1. The Morgan fingerprint density at radius 3 is 2.67 bits per heavy atom.